The van der Waals surface area contributed by atoms with Crippen LogP contribution in [0.25, 0.3) is 0 Å². The maximum atomic E-state index is 12.5. The van der Waals surface area contributed by atoms with Crippen LogP contribution in [0.1, 0.15) is 44.6 Å². The van der Waals surface area contributed by atoms with Gasteiger partial charge in [0, 0.05) is 5.69 Å². The first-order valence-corrected chi connectivity index (χ1v) is 8.99. The van der Waals surface area contributed by atoms with E-state index >= 15 is 0 Å². The molecule has 2 aliphatic rings. The van der Waals surface area contributed by atoms with E-state index in [2.05, 4.69) is 29.8 Å². The highest BCUT2D eigenvalue weighted by Gasteiger charge is 2.47. The van der Waals surface area contributed by atoms with E-state index in [4.69, 9.17) is 0 Å². The Morgan fingerprint density at radius 3 is 2.62 bits per heavy atom. The van der Waals surface area contributed by atoms with Gasteiger partial charge in [0.05, 0.1) is 5.03 Å². The standard InChI is InChI=1S/C19H23N3OS/c1-3-14-8-10-19(11-9-14)21-17(23)15(12-20)18(24)22(19)16-7-5-4-6-13(16)2/h4-7,14,24H,3,8-11H2,1-2H3,(H,21,23). The number of aryl methyl sites for hydroxylation is 1. The van der Waals surface area contributed by atoms with Crippen LogP contribution in [0.2, 0.25) is 0 Å². The number of nitriles is 1. The van der Waals surface area contributed by atoms with Crippen molar-refractivity contribution in [1.82, 2.24) is 5.32 Å². The zero-order valence-electron chi connectivity index (χ0n) is 14.2. The van der Waals surface area contributed by atoms with Crippen molar-refractivity contribution in [2.24, 2.45) is 5.92 Å². The number of carbonyl (C=O) groups excluding carboxylic acids is 1. The summed E-state index contributed by atoms with van der Waals surface area (Å²) in [5, 5.41) is 13.0. The largest absolute Gasteiger partial charge is 0.328 e. The SMILES string of the molecule is CCC1CCC2(CC1)NC(=O)C(C#N)=C(S)N2c1ccccc1C. The molecule has 0 atom stereocenters. The Kier molecular flexibility index (Phi) is 4.60. The first-order chi connectivity index (χ1) is 11.5. The molecule has 1 spiro atoms. The van der Waals surface area contributed by atoms with Gasteiger partial charge in [0.15, 0.2) is 0 Å². The minimum absolute atomic E-state index is 0.0878. The summed E-state index contributed by atoms with van der Waals surface area (Å²) in [6.45, 7) is 4.27. The smallest absolute Gasteiger partial charge is 0.266 e. The highest BCUT2D eigenvalue weighted by Crippen LogP contribution is 2.44. The maximum Gasteiger partial charge on any atom is 0.266 e. The van der Waals surface area contributed by atoms with Gasteiger partial charge in [0.2, 0.25) is 0 Å². The first-order valence-electron chi connectivity index (χ1n) is 8.54. The Labute approximate surface area is 148 Å². The summed E-state index contributed by atoms with van der Waals surface area (Å²) in [6, 6.07) is 10.1. The lowest BCUT2D eigenvalue weighted by atomic mass is 9.78. The summed E-state index contributed by atoms with van der Waals surface area (Å²) in [5.74, 6) is 0.401. The number of benzene rings is 1. The predicted octanol–water partition coefficient (Wildman–Crippen LogP) is 3.89. The van der Waals surface area contributed by atoms with E-state index in [1.807, 2.05) is 37.3 Å². The molecular weight excluding hydrogens is 318 g/mol. The molecule has 4 nitrogen and oxygen atoms in total. The zero-order valence-corrected chi connectivity index (χ0v) is 15.1. The van der Waals surface area contributed by atoms with Gasteiger partial charge >= 0.3 is 0 Å². The molecule has 1 aromatic carbocycles. The molecule has 3 rings (SSSR count). The van der Waals surface area contributed by atoms with Crippen LogP contribution in [0.15, 0.2) is 34.9 Å². The number of hydrogen-bond acceptors (Lipinski definition) is 4. The van der Waals surface area contributed by atoms with Gasteiger partial charge in [-0.15, -0.1) is 12.6 Å². The van der Waals surface area contributed by atoms with Crippen LogP contribution < -0.4 is 10.2 Å². The topological polar surface area (TPSA) is 56.1 Å². The number of hydrogen-bond donors (Lipinski definition) is 2. The summed E-state index contributed by atoms with van der Waals surface area (Å²) in [7, 11) is 0. The molecule has 126 valence electrons. The lowest BCUT2D eigenvalue weighted by molar-refractivity contribution is -0.120. The van der Waals surface area contributed by atoms with Crippen LogP contribution in [0.5, 0.6) is 0 Å². The molecule has 0 unspecified atom stereocenters. The molecule has 1 aliphatic carbocycles. The molecule has 1 fully saturated rings. The second-order valence-corrected chi connectivity index (χ2v) is 7.19. The van der Waals surface area contributed by atoms with Crippen molar-refractivity contribution in [2.45, 2.75) is 51.6 Å². The Balaban J connectivity index is 2.11. The number of thiol groups is 1. The molecule has 24 heavy (non-hydrogen) atoms. The van der Waals surface area contributed by atoms with Crippen LogP contribution in [0, 0.1) is 24.2 Å². The third-order valence-corrected chi connectivity index (χ3v) is 5.84. The second kappa shape index (κ2) is 6.52. The molecule has 1 aromatic rings. The molecule has 0 aromatic heterocycles. The minimum atomic E-state index is -0.480. The van der Waals surface area contributed by atoms with Crippen LogP contribution in [0.4, 0.5) is 5.69 Å². The van der Waals surface area contributed by atoms with Crippen molar-refractivity contribution >= 4 is 24.2 Å². The molecule has 1 saturated carbocycles. The molecule has 1 N–H and O–H groups in total. The number of para-hydroxylation sites is 1. The lowest BCUT2D eigenvalue weighted by Gasteiger charge is -2.51. The van der Waals surface area contributed by atoms with E-state index in [9.17, 15) is 10.1 Å². The van der Waals surface area contributed by atoms with Gasteiger partial charge in [0.1, 0.15) is 17.3 Å². The molecular formula is C19H23N3OS. The third-order valence-electron chi connectivity index (χ3n) is 5.41. The monoisotopic (exact) mass is 341 g/mol. The lowest BCUT2D eigenvalue weighted by Crippen LogP contribution is -2.65. The number of carbonyl (C=O) groups is 1. The summed E-state index contributed by atoms with van der Waals surface area (Å²) in [5.41, 5.74) is 1.72. The maximum absolute atomic E-state index is 12.5. The van der Waals surface area contributed by atoms with Gasteiger partial charge in [-0.1, -0.05) is 31.5 Å². The minimum Gasteiger partial charge on any atom is -0.328 e. The average Bonchev–Trinajstić information content (AvgIpc) is 2.57. The summed E-state index contributed by atoms with van der Waals surface area (Å²) >= 11 is 4.60. The fourth-order valence-electron chi connectivity index (χ4n) is 3.92. The number of rotatable bonds is 2. The molecule has 0 bridgehead atoms. The quantitative estimate of drug-likeness (QED) is 0.802. The van der Waals surface area contributed by atoms with Gasteiger partial charge in [-0.2, -0.15) is 5.26 Å². The van der Waals surface area contributed by atoms with Gasteiger partial charge in [-0.25, -0.2) is 0 Å². The summed E-state index contributed by atoms with van der Waals surface area (Å²) < 4.78 is 0. The highest BCUT2D eigenvalue weighted by molar-refractivity contribution is 7.84. The van der Waals surface area contributed by atoms with Crippen LogP contribution in [-0.2, 0) is 4.79 Å². The van der Waals surface area contributed by atoms with E-state index < -0.39 is 5.66 Å². The molecule has 1 heterocycles. The second-order valence-electron chi connectivity index (χ2n) is 6.77. The Morgan fingerprint density at radius 2 is 2.04 bits per heavy atom. The first kappa shape index (κ1) is 16.9. The molecule has 0 saturated heterocycles. The van der Waals surface area contributed by atoms with E-state index in [0.29, 0.717) is 10.9 Å². The average molecular weight is 341 g/mol. The number of nitrogens with zero attached hydrogens (tertiary/aromatic N) is 2. The van der Waals surface area contributed by atoms with Crippen molar-refractivity contribution in [3.8, 4) is 6.07 Å². The van der Waals surface area contributed by atoms with E-state index in [0.717, 1.165) is 36.9 Å². The van der Waals surface area contributed by atoms with Crippen molar-refractivity contribution in [3.05, 3.63) is 40.4 Å². The van der Waals surface area contributed by atoms with Crippen LogP contribution in [-0.4, -0.2) is 11.6 Å². The summed E-state index contributed by atoms with van der Waals surface area (Å²) in [4.78, 5) is 14.5. The van der Waals surface area contributed by atoms with Gasteiger partial charge in [-0.3, -0.25) is 4.79 Å². The molecule has 0 radical (unpaired) electrons. The fourth-order valence-corrected chi connectivity index (χ4v) is 4.37. The van der Waals surface area contributed by atoms with Crippen molar-refractivity contribution < 1.29 is 4.79 Å². The van der Waals surface area contributed by atoms with E-state index in [-0.39, 0.29) is 11.5 Å². The fraction of sp³-hybridized carbons (Fsp3) is 0.474. The van der Waals surface area contributed by atoms with Gasteiger partial charge in [0.25, 0.3) is 5.91 Å². The van der Waals surface area contributed by atoms with Gasteiger partial charge < -0.3 is 10.2 Å². The molecule has 1 amide bonds. The van der Waals surface area contributed by atoms with Gasteiger partial charge in [-0.05, 0) is 50.2 Å². The molecule has 5 heteroatoms. The van der Waals surface area contributed by atoms with Crippen molar-refractivity contribution in [3.63, 3.8) is 0 Å². The van der Waals surface area contributed by atoms with Crippen LogP contribution in [0.3, 0.4) is 0 Å². The van der Waals surface area contributed by atoms with E-state index in [1.165, 1.54) is 6.42 Å². The zero-order chi connectivity index (χ0) is 17.3. The normalized spacial score (nSPS) is 27.2. The van der Waals surface area contributed by atoms with E-state index in [1.54, 1.807) is 0 Å². The number of amides is 1. The highest BCUT2D eigenvalue weighted by atomic mass is 32.1. The Hall–Kier alpha value is -1.93. The Morgan fingerprint density at radius 1 is 1.38 bits per heavy atom. The van der Waals surface area contributed by atoms with Crippen LogP contribution >= 0.6 is 12.6 Å². The van der Waals surface area contributed by atoms with Crippen molar-refractivity contribution in [2.75, 3.05) is 4.90 Å². The Bertz CT molecular complexity index is 726. The third kappa shape index (κ3) is 2.69. The molecule has 1 aliphatic heterocycles. The van der Waals surface area contributed by atoms with Crippen molar-refractivity contribution in [1.29, 1.82) is 5.26 Å². The summed E-state index contributed by atoms with van der Waals surface area (Å²) in [6.07, 6.45) is 5.05. The number of nitrogens with one attached hydrogen (secondary N) is 1. The number of anilines is 1. The predicted molar refractivity (Wildman–Crippen MR) is 98.4 cm³/mol.